The predicted octanol–water partition coefficient (Wildman–Crippen LogP) is 2.38. The Bertz CT molecular complexity index is 586. The van der Waals surface area contributed by atoms with E-state index >= 15 is 0 Å². The number of benzene rings is 1. The summed E-state index contributed by atoms with van der Waals surface area (Å²) in [5, 5.41) is 11.7. The molecule has 6 heteroatoms. The van der Waals surface area contributed by atoms with Crippen LogP contribution in [-0.4, -0.2) is 30.7 Å². The summed E-state index contributed by atoms with van der Waals surface area (Å²) in [5.41, 5.74) is 0.881. The van der Waals surface area contributed by atoms with Gasteiger partial charge in [0.25, 0.3) is 0 Å². The molecule has 1 aromatic carbocycles. The first-order valence-corrected chi connectivity index (χ1v) is 7.81. The van der Waals surface area contributed by atoms with Crippen LogP contribution in [0.3, 0.4) is 0 Å². The molecule has 0 aromatic heterocycles. The van der Waals surface area contributed by atoms with Gasteiger partial charge in [0.15, 0.2) is 11.5 Å². The van der Waals surface area contributed by atoms with Gasteiger partial charge in [-0.05, 0) is 37.5 Å². The number of aliphatic carboxylic acids is 1. The number of hydrogen-bond donors (Lipinski definition) is 2. The number of hydrogen-bond acceptors (Lipinski definition) is 4. The highest BCUT2D eigenvalue weighted by Crippen LogP contribution is 2.39. The van der Waals surface area contributed by atoms with Crippen molar-refractivity contribution in [3.63, 3.8) is 0 Å². The minimum atomic E-state index is -0.906. The van der Waals surface area contributed by atoms with Gasteiger partial charge in [-0.1, -0.05) is 13.0 Å². The SMILES string of the molecule is CCCOc1ccc([C@H](C)NC(=O)[C@@H]2C[C@H]2C(=O)O)cc1OC. The monoisotopic (exact) mass is 321 g/mol. The van der Waals surface area contributed by atoms with Gasteiger partial charge in [0.1, 0.15) is 0 Å². The summed E-state index contributed by atoms with van der Waals surface area (Å²) in [6.45, 7) is 4.50. The van der Waals surface area contributed by atoms with Crippen LogP contribution in [0, 0.1) is 11.8 Å². The van der Waals surface area contributed by atoms with Gasteiger partial charge in [-0.3, -0.25) is 9.59 Å². The van der Waals surface area contributed by atoms with Crippen LogP contribution < -0.4 is 14.8 Å². The topological polar surface area (TPSA) is 84.9 Å². The molecule has 23 heavy (non-hydrogen) atoms. The molecule has 126 valence electrons. The molecular weight excluding hydrogens is 298 g/mol. The maximum absolute atomic E-state index is 12.0. The second kappa shape index (κ2) is 7.35. The standard InChI is InChI=1S/C17H23NO5/c1-4-7-23-14-6-5-11(8-15(14)22-3)10(2)18-16(19)12-9-13(12)17(20)21/h5-6,8,10,12-13H,4,7,9H2,1-3H3,(H,18,19)(H,20,21)/t10-,12+,13+/m0/s1. The van der Waals surface area contributed by atoms with Crippen molar-refractivity contribution in [1.29, 1.82) is 0 Å². The maximum atomic E-state index is 12.0. The molecule has 3 atom stereocenters. The van der Waals surface area contributed by atoms with Gasteiger partial charge >= 0.3 is 5.97 Å². The lowest BCUT2D eigenvalue weighted by atomic mass is 10.1. The Morgan fingerprint density at radius 1 is 1.35 bits per heavy atom. The van der Waals surface area contributed by atoms with Crippen molar-refractivity contribution in [2.75, 3.05) is 13.7 Å². The first kappa shape index (κ1) is 17.1. The second-order valence-corrected chi connectivity index (χ2v) is 5.78. The summed E-state index contributed by atoms with van der Waals surface area (Å²) in [5.74, 6) is -0.783. The molecule has 0 heterocycles. The molecule has 1 aliphatic rings. The molecule has 1 fully saturated rings. The van der Waals surface area contributed by atoms with Crippen molar-refractivity contribution in [2.24, 2.45) is 11.8 Å². The molecule has 1 saturated carbocycles. The van der Waals surface area contributed by atoms with Crippen molar-refractivity contribution < 1.29 is 24.2 Å². The highest BCUT2D eigenvalue weighted by molar-refractivity contribution is 5.89. The molecule has 2 N–H and O–H groups in total. The third-order valence-electron chi connectivity index (χ3n) is 3.95. The maximum Gasteiger partial charge on any atom is 0.307 e. The zero-order valence-corrected chi connectivity index (χ0v) is 13.7. The normalized spacial score (nSPS) is 20.5. The Balaban J connectivity index is 2.00. The molecular formula is C17H23NO5. The van der Waals surface area contributed by atoms with E-state index in [0.717, 1.165) is 12.0 Å². The van der Waals surface area contributed by atoms with E-state index in [-0.39, 0.29) is 11.9 Å². The number of carboxylic acid groups (broad SMARTS) is 1. The molecule has 0 unspecified atom stereocenters. The van der Waals surface area contributed by atoms with E-state index in [1.165, 1.54) is 0 Å². The number of rotatable bonds is 8. The predicted molar refractivity (Wildman–Crippen MR) is 84.6 cm³/mol. The van der Waals surface area contributed by atoms with Crippen LogP contribution in [0.1, 0.15) is 38.3 Å². The van der Waals surface area contributed by atoms with Gasteiger partial charge in [0.05, 0.1) is 31.6 Å². The fourth-order valence-electron chi connectivity index (χ4n) is 2.45. The van der Waals surface area contributed by atoms with Crippen LogP contribution >= 0.6 is 0 Å². The average Bonchev–Trinajstić information content (AvgIpc) is 3.33. The minimum Gasteiger partial charge on any atom is -0.493 e. The van der Waals surface area contributed by atoms with Crippen molar-refractivity contribution in [3.8, 4) is 11.5 Å². The lowest BCUT2D eigenvalue weighted by Crippen LogP contribution is -2.29. The summed E-state index contributed by atoms with van der Waals surface area (Å²) in [6.07, 6.45) is 1.32. The summed E-state index contributed by atoms with van der Waals surface area (Å²) in [7, 11) is 1.57. The Kier molecular flexibility index (Phi) is 5.47. The zero-order valence-electron chi connectivity index (χ0n) is 13.7. The molecule has 0 aliphatic heterocycles. The number of nitrogens with one attached hydrogen (secondary N) is 1. The Morgan fingerprint density at radius 2 is 2.09 bits per heavy atom. The number of ether oxygens (including phenoxy) is 2. The quantitative estimate of drug-likeness (QED) is 0.768. The van der Waals surface area contributed by atoms with Crippen LogP contribution in [0.15, 0.2) is 18.2 Å². The molecule has 0 radical (unpaired) electrons. The van der Waals surface area contributed by atoms with Crippen LogP contribution in [0.25, 0.3) is 0 Å². The Hall–Kier alpha value is -2.24. The van der Waals surface area contributed by atoms with Crippen LogP contribution in [0.4, 0.5) is 0 Å². The third kappa shape index (κ3) is 4.15. The van der Waals surface area contributed by atoms with Gasteiger partial charge < -0.3 is 19.9 Å². The van der Waals surface area contributed by atoms with E-state index < -0.39 is 17.8 Å². The van der Waals surface area contributed by atoms with Crippen molar-refractivity contribution in [1.82, 2.24) is 5.32 Å². The largest absolute Gasteiger partial charge is 0.493 e. The smallest absolute Gasteiger partial charge is 0.307 e. The van der Waals surface area contributed by atoms with E-state index in [4.69, 9.17) is 14.6 Å². The molecule has 1 aliphatic carbocycles. The lowest BCUT2D eigenvalue weighted by molar-refractivity contribution is -0.140. The summed E-state index contributed by atoms with van der Waals surface area (Å²) in [4.78, 5) is 22.9. The van der Waals surface area contributed by atoms with Crippen LogP contribution in [0.5, 0.6) is 11.5 Å². The average molecular weight is 321 g/mol. The van der Waals surface area contributed by atoms with Gasteiger partial charge in [-0.2, -0.15) is 0 Å². The summed E-state index contributed by atoms with van der Waals surface area (Å²) >= 11 is 0. The number of amides is 1. The van der Waals surface area contributed by atoms with E-state index in [9.17, 15) is 9.59 Å². The highest BCUT2D eigenvalue weighted by Gasteiger charge is 2.48. The fourth-order valence-corrected chi connectivity index (χ4v) is 2.45. The number of carbonyl (C=O) groups is 2. The van der Waals surface area contributed by atoms with Crippen molar-refractivity contribution in [2.45, 2.75) is 32.7 Å². The van der Waals surface area contributed by atoms with E-state index in [0.29, 0.717) is 24.5 Å². The van der Waals surface area contributed by atoms with Gasteiger partial charge in [-0.25, -0.2) is 0 Å². The van der Waals surface area contributed by atoms with E-state index in [1.807, 2.05) is 32.0 Å². The molecule has 6 nitrogen and oxygen atoms in total. The van der Waals surface area contributed by atoms with Gasteiger partial charge in [0.2, 0.25) is 5.91 Å². The molecule has 0 bridgehead atoms. The second-order valence-electron chi connectivity index (χ2n) is 5.78. The molecule has 0 saturated heterocycles. The van der Waals surface area contributed by atoms with E-state index in [1.54, 1.807) is 7.11 Å². The number of carbonyl (C=O) groups excluding carboxylic acids is 1. The van der Waals surface area contributed by atoms with E-state index in [2.05, 4.69) is 5.32 Å². The first-order valence-electron chi connectivity index (χ1n) is 7.81. The van der Waals surface area contributed by atoms with Crippen molar-refractivity contribution >= 4 is 11.9 Å². The minimum absolute atomic E-state index is 0.213. The van der Waals surface area contributed by atoms with Gasteiger partial charge in [-0.15, -0.1) is 0 Å². The number of carboxylic acids is 1. The molecule has 2 rings (SSSR count). The Morgan fingerprint density at radius 3 is 2.65 bits per heavy atom. The molecule has 1 aromatic rings. The summed E-state index contributed by atoms with van der Waals surface area (Å²) in [6, 6.07) is 5.30. The lowest BCUT2D eigenvalue weighted by Gasteiger charge is -2.17. The fraction of sp³-hybridized carbons (Fsp3) is 0.529. The van der Waals surface area contributed by atoms with Gasteiger partial charge in [0, 0.05) is 0 Å². The molecule has 1 amide bonds. The highest BCUT2D eigenvalue weighted by atomic mass is 16.5. The van der Waals surface area contributed by atoms with Crippen molar-refractivity contribution in [3.05, 3.63) is 23.8 Å². The zero-order chi connectivity index (χ0) is 17.0. The Labute approximate surface area is 135 Å². The molecule has 0 spiro atoms. The van der Waals surface area contributed by atoms with Crippen LogP contribution in [-0.2, 0) is 9.59 Å². The first-order chi connectivity index (χ1) is 11.0. The third-order valence-corrected chi connectivity index (χ3v) is 3.95. The van der Waals surface area contributed by atoms with Crippen LogP contribution in [0.2, 0.25) is 0 Å². The number of methoxy groups -OCH3 is 1. The summed E-state index contributed by atoms with van der Waals surface area (Å²) < 4.78 is 10.9.